The molecule has 0 bridgehead atoms. The van der Waals surface area contributed by atoms with Crippen molar-refractivity contribution in [1.82, 2.24) is 5.32 Å². The Morgan fingerprint density at radius 2 is 1.64 bits per heavy atom. The second kappa shape index (κ2) is 10.4. The summed E-state index contributed by atoms with van der Waals surface area (Å²) >= 11 is 5.97. The van der Waals surface area contributed by atoms with Crippen LogP contribution < -0.4 is 5.32 Å². The van der Waals surface area contributed by atoms with Gasteiger partial charge in [-0.05, 0) is 51.9 Å². The lowest BCUT2D eigenvalue weighted by Gasteiger charge is -2.19. The van der Waals surface area contributed by atoms with Crippen LogP contribution in [0.1, 0.15) is 40.7 Å². The first-order valence-corrected chi connectivity index (χ1v) is 11.2. The normalized spacial score (nSPS) is 14.3. The predicted molar refractivity (Wildman–Crippen MR) is 126 cm³/mol. The lowest BCUT2D eigenvalue weighted by atomic mass is 9.98. The highest BCUT2D eigenvalue weighted by molar-refractivity contribution is 6.31. The number of aliphatic hydroxyl groups is 3. The number of carbonyl (C=O) groups is 1. The number of amides is 1. The van der Waals surface area contributed by atoms with Crippen molar-refractivity contribution in [2.24, 2.45) is 0 Å². The van der Waals surface area contributed by atoms with Gasteiger partial charge in [0.25, 0.3) is 0 Å². The molecule has 33 heavy (non-hydrogen) atoms. The Balaban J connectivity index is 1.28. The summed E-state index contributed by atoms with van der Waals surface area (Å²) < 4.78 is 5.47. The largest absolute Gasteiger partial charge is 0.449 e. The van der Waals surface area contributed by atoms with Gasteiger partial charge in [0.1, 0.15) is 12.7 Å². The third-order valence-corrected chi connectivity index (χ3v) is 6.37. The van der Waals surface area contributed by atoms with Crippen LogP contribution in [0, 0.1) is 0 Å². The van der Waals surface area contributed by atoms with Crippen LogP contribution in [-0.4, -0.2) is 40.7 Å². The second-order valence-corrected chi connectivity index (χ2v) is 8.47. The number of halogens is 1. The molecule has 2 unspecified atom stereocenters. The number of benzene rings is 3. The molecule has 3 aromatic carbocycles. The zero-order valence-corrected chi connectivity index (χ0v) is 18.7. The van der Waals surface area contributed by atoms with Crippen molar-refractivity contribution < 1.29 is 24.9 Å². The summed E-state index contributed by atoms with van der Waals surface area (Å²) in [7, 11) is 0. The van der Waals surface area contributed by atoms with Gasteiger partial charge in [-0.15, -0.1) is 0 Å². The molecule has 0 aromatic heterocycles. The highest BCUT2D eigenvalue weighted by Crippen LogP contribution is 2.44. The molecule has 3 aromatic rings. The van der Waals surface area contributed by atoms with E-state index in [1.54, 1.807) is 18.2 Å². The van der Waals surface area contributed by atoms with Gasteiger partial charge >= 0.3 is 6.09 Å². The zero-order chi connectivity index (χ0) is 23.4. The van der Waals surface area contributed by atoms with Gasteiger partial charge in [0.2, 0.25) is 0 Å². The number of hydrogen-bond donors (Lipinski definition) is 4. The highest BCUT2D eigenvalue weighted by atomic mass is 35.5. The van der Waals surface area contributed by atoms with Crippen LogP contribution in [0.2, 0.25) is 5.02 Å². The number of fused-ring (bicyclic) bond motifs is 3. The van der Waals surface area contributed by atoms with Gasteiger partial charge in [0.15, 0.2) is 0 Å². The molecule has 4 rings (SSSR count). The van der Waals surface area contributed by atoms with E-state index in [-0.39, 0.29) is 32.1 Å². The van der Waals surface area contributed by atoms with Gasteiger partial charge < -0.3 is 25.4 Å². The van der Waals surface area contributed by atoms with Crippen LogP contribution in [0.3, 0.4) is 0 Å². The summed E-state index contributed by atoms with van der Waals surface area (Å²) in [5, 5.41) is 33.0. The summed E-state index contributed by atoms with van der Waals surface area (Å²) in [6.45, 7) is 0.0773. The van der Waals surface area contributed by atoms with E-state index in [0.717, 1.165) is 22.3 Å². The lowest BCUT2D eigenvalue weighted by Crippen LogP contribution is -2.30. The molecule has 0 radical (unpaired) electrons. The van der Waals surface area contributed by atoms with Crippen LogP contribution in [0.4, 0.5) is 4.79 Å². The topological polar surface area (TPSA) is 99.0 Å². The van der Waals surface area contributed by atoms with E-state index >= 15 is 0 Å². The summed E-state index contributed by atoms with van der Waals surface area (Å²) in [5.41, 5.74) is 5.50. The van der Waals surface area contributed by atoms with Gasteiger partial charge in [0.05, 0.1) is 12.7 Å². The minimum atomic E-state index is -1.17. The molecule has 1 aliphatic carbocycles. The fraction of sp³-hybridized carbons (Fsp3) is 0.269. The summed E-state index contributed by atoms with van der Waals surface area (Å²) in [4.78, 5) is 12.2. The molecule has 172 valence electrons. The molecule has 0 saturated heterocycles. The van der Waals surface area contributed by atoms with E-state index in [2.05, 4.69) is 29.6 Å². The molecule has 0 heterocycles. The Bertz CT molecular complexity index is 1090. The van der Waals surface area contributed by atoms with Crippen molar-refractivity contribution in [2.45, 2.75) is 31.2 Å². The van der Waals surface area contributed by atoms with Crippen LogP contribution in [-0.2, 0) is 11.3 Å². The van der Waals surface area contributed by atoms with Crippen LogP contribution >= 0.6 is 11.6 Å². The van der Waals surface area contributed by atoms with E-state index in [1.807, 2.05) is 24.3 Å². The van der Waals surface area contributed by atoms with E-state index < -0.39 is 18.3 Å². The maximum absolute atomic E-state index is 12.2. The quantitative estimate of drug-likeness (QED) is 0.399. The molecule has 0 spiro atoms. The first kappa shape index (κ1) is 23.3. The number of hydrogen-bond acceptors (Lipinski definition) is 5. The molecule has 2 atom stereocenters. The monoisotopic (exact) mass is 467 g/mol. The molecule has 7 heteroatoms. The maximum Gasteiger partial charge on any atom is 0.407 e. The molecule has 1 aliphatic rings. The van der Waals surface area contributed by atoms with Crippen molar-refractivity contribution in [1.29, 1.82) is 0 Å². The Labute approximate surface area is 197 Å². The fourth-order valence-corrected chi connectivity index (χ4v) is 4.43. The zero-order valence-electron chi connectivity index (χ0n) is 17.9. The molecule has 1 amide bonds. The first-order valence-electron chi connectivity index (χ1n) is 10.8. The van der Waals surface area contributed by atoms with Crippen molar-refractivity contribution in [2.75, 3.05) is 13.2 Å². The Morgan fingerprint density at radius 3 is 2.27 bits per heavy atom. The SMILES string of the molecule is O=C(NCCC(O)C(O)c1ccc(Cl)c(CO)c1)OCC1c2ccccc2-c2ccccc21. The van der Waals surface area contributed by atoms with E-state index in [1.165, 1.54) is 0 Å². The number of ether oxygens (including phenoxy) is 1. The van der Waals surface area contributed by atoms with Crippen molar-refractivity contribution >= 4 is 17.7 Å². The van der Waals surface area contributed by atoms with Gasteiger partial charge in [-0.3, -0.25) is 0 Å². The van der Waals surface area contributed by atoms with Crippen molar-refractivity contribution in [3.05, 3.63) is 94.0 Å². The van der Waals surface area contributed by atoms with Gasteiger partial charge in [0, 0.05) is 17.5 Å². The smallest absolute Gasteiger partial charge is 0.407 e. The van der Waals surface area contributed by atoms with Crippen molar-refractivity contribution in [3.63, 3.8) is 0 Å². The Morgan fingerprint density at radius 1 is 1.00 bits per heavy atom. The van der Waals surface area contributed by atoms with Crippen LogP contribution in [0.25, 0.3) is 11.1 Å². The van der Waals surface area contributed by atoms with Crippen molar-refractivity contribution in [3.8, 4) is 11.1 Å². The third kappa shape index (κ3) is 5.04. The summed E-state index contributed by atoms with van der Waals surface area (Å²) in [6, 6.07) is 20.9. The number of rotatable bonds is 8. The average Bonchev–Trinajstić information content (AvgIpc) is 3.16. The minimum Gasteiger partial charge on any atom is -0.449 e. The van der Waals surface area contributed by atoms with Gasteiger partial charge in [-0.2, -0.15) is 0 Å². The molecule has 0 saturated carbocycles. The lowest BCUT2D eigenvalue weighted by molar-refractivity contribution is 0.0136. The summed E-state index contributed by atoms with van der Waals surface area (Å²) in [5.74, 6) is -0.0267. The van der Waals surface area contributed by atoms with Crippen LogP contribution in [0.5, 0.6) is 0 Å². The second-order valence-electron chi connectivity index (χ2n) is 8.06. The Hall–Kier alpha value is -2.90. The predicted octanol–water partition coefficient (Wildman–Crippen LogP) is 4.16. The highest BCUT2D eigenvalue weighted by Gasteiger charge is 2.29. The number of nitrogens with one attached hydrogen (secondary N) is 1. The van der Waals surface area contributed by atoms with E-state index in [4.69, 9.17) is 16.3 Å². The minimum absolute atomic E-state index is 0.0267. The van der Waals surface area contributed by atoms with Gasteiger partial charge in [-0.25, -0.2) is 4.79 Å². The molecule has 0 fully saturated rings. The first-order chi connectivity index (χ1) is 16.0. The maximum atomic E-state index is 12.2. The molecule has 0 aliphatic heterocycles. The fourth-order valence-electron chi connectivity index (χ4n) is 4.25. The van der Waals surface area contributed by atoms with Crippen LogP contribution in [0.15, 0.2) is 66.7 Å². The molecular weight excluding hydrogens is 442 g/mol. The standard InChI is InChI=1S/C26H26ClNO5/c27-23-10-9-16(13-17(23)14-29)25(31)24(30)11-12-28-26(32)33-15-22-20-7-3-1-5-18(20)19-6-2-4-8-21(19)22/h1-10,13,22,24-25,29-31H,11-12,14-15H2,(H,28,32). The summed E-state index contributed by atoms with van der Waals surface area (Å²) in [6.07, 6.45) is -2.72. The van der Waals surface area contributed by atoms with E-state index in [0.29, 0.717) is 16.1 Å². The van der Waals surface area contributed by atoms with E-state index in [9.17, 15) is 20.1 Å². The molecular formula is C26H26ClNO5. The Kier molecular flexibility index (Phi) is 7.30. The van der Waals surface area contributed by atoms with Gasteiger partial charge in [-0.1, -0.05) is 66.2 Å². The number of carbonyl (C=O) groups excluding carboxylic acids is 1. The molecule has 6 nitrogen and oxygen atoms in total. The molecule has 4 N–H and O–H groups in total. The number of alkyl carbamates (subject to hydrolysis) is 1. The number of aliphatic hydroxyl groups excluding tert-OH is 3. The third-order valence-electron chi connectivity index (χ3n) is 6.00. The average molecular weight is 468 g/mol.